The Kier molecular flexibility index (Phi) is 11.5. The Labute approximate surface area is 228 Å². The van der Waals surface area contributed by atoms with Crippen molar-refractivity contribution in [2.45, 2.75) is 106 Å². The molecule has 2 amide bonds. The lowest BCUT2D eigenvalue weighted by molar-refractivity contribution is -0.359. The summed E-state index contributed by atoms with van der Waals surface area (Å²) in [4.78, 5) is 23.7. The molecule has 3 heterocycles. The molecular formula is C22H38N2O16. The maximum Gasteiger partial charge on any atom is 0.217 e. The number of hydrogen-bond acceptors (Lipinski definition) is 16. The number of carbonyl (C=O) groups excluding carboxylic acids is 2. The van der Waals surface area contributed by atoms with Crippen LogP contribution in [0.5, 0.6) is 0 Å². The average molecular weight is 587 g/mol. The maximum absolute atomic E-state index is 12.0. The Morgan fingerprint density at radius 2 is 1.10 bits per heavy atom. The largest absolute Gasteiger partial charge is 0.394 e. The van der Waals surface area contributed by atoms with Crippen molar-refractivity contribution in [3.8, 4) is 0 Å². The number of hydrogen-bond donors (Lipinski definition) is 11. The van der Waals surface area contributed by atoms with E-state index in [0.717, 1.165) is 13.8 Å². The number of ether oxygens (including phenoxy) is 5. The minimum absolute atomic E-state index is 0.639. The fraction of sp³-hybridized carbons (Fsp3) is 0.909. The van der Waals surface area contributed by atoms with E-state index in [-0.39, 0.29) is 0 Å². The van der Waals surface area contributed by atoms with Crippen LogP contribution in [0.1, 0.15) is 13.8 Å². The third kappa shape index (κ3) is 7.05. The van der Waals surface area contributed by atoms with E-state index >= 15 is 0 Å². The molecule has 3 aliphatic rings. The van der Waals surface area contributed by atoms with Gasteiger partial charge in [-0.15, -0.1) is 0 Å². The normalized spacial score (nSPS) is 46.0. The van der Waals surface area contributed by atoms with Crippen LogP contribution in [0, 0.1) is 0 Å². The van der Waals surface area contributed by atoms with Crippen LogP contribution in [0.25, 0.3) is 0 Å². The minimum Gasteiger partial charge on any atom is -0.394 e. The standard InChI is InChI=1S/C22H38N2O16/c1-6(28)23-11-15(32)18(39-22-17(34)16(33)13(30)8(3-25)37-22)10(5-27)38-21(11)40-19-12(24-7(2)29)20(35)36-9(4-26)14(19)31/h8-22,25-27,30-35H,3-5H2,1-2H3,(H,23,28)(H,24,29)/t8-,9-,10-,11-,12-,13+,14+,15-,16+,17-,18-,19-,20-,21+,22+/m1/s1. The van der Waals surface area contributed by atoms with E-state index in [0.29, 0.717) is 0 Å². The van der Waals surface area contributed by atoms with Crippen LogP contribution in [-0.2, 0) is 33.3 Å². The Balaban J connectivity index is 1.87. The van der Waals surface area contributed by atoms with Gasteiger partial charge in [0.1, 0.15) is 73.1 Å². The summed E-state index contributed by atoms with van der Waals surface area (Å²) in [6, 6.07) is -2.89. The van der Waals surface area contributed by atoms with E-state index in [2.05, 4.69) is 10.6 Å². The van der Waals surface area contributed by atoms with Crippen LogP contribution in [-0.4, -0.2) is 170 Å². The molecule has 0 aromatic heterocycles. The topological polar surface area (TPSA) is 286 Å². The first-order chi connectivity index (χ1) is 18.8. The molecule has 18 nitrogen and oxygen atoms in total. The van der Waals surface area contributed by atoms with Crippen molar-refractivity contribution in [3.05, 3.63) is 0 Å². The van der Waals surface area contributed by atoms with E-state index in [1.54, 1.807) is 0 Å². The molecule has 0 aliphatic carbocycles. The molecule has 40 heavy (non-hydrogen) atoms. The Hall–Kier alpha value is -1.62. The predicted octanol–water partition coefficient (Wildman–Crippen LogP) is -7.29. The molecule has 3 aliphatic heterocycles. The van der Waals surface area contributed by atoms with Crippen molar-refractivity contribution in [1.82, 2.24) is 10.6 Å². The first-order valence-corrected chi connectivity index (χ1v) is 12.6. The van der Waals surface area contributed by atoms with Gasteiger partial charge in [0, 0.05) is 13.8 Å². The third-order valence-corrected chi connectivity index (χ3v) is 6.90. The fourth-order valence-electron chi connectivity index (χ4n) is 4.86. The van der Waals surface area contributed by atoms with Gasteiger partial charge in [-0.3, -0.25) is 9.59 Å². The predicted molar refractivity (Wildman–Crippen MR) is 124 cm³/mol. The van der Waals surface area contributed by atoms with Gasteiger partial charge in [-0.25, -0.2) is 0 Å². The summed E-state index contributed by atoms with van der Waals surface area (Å²) in [6.07, 6.45) is -21.2. The summed E-state index contributed by atoms with van der Waals surface area (Å²) in [7, 11) is 0. The van der Waals surface area contributed by atoms with E-state index in [1.807, 2.05) is 0 Å². The number of carbonyl (C=O) groups is 2. The highest BCUT2D eigenvalue weighted by Gasteiger charge is 2.54. The van der Waals surface area contributed by atoms with E-state index in [1.165, 1.54) is 0 Å². The molecule has 0 aromatic rings. The number of rotatable bonds is 9. The van der Waals surface area contributed by atoms with Crippen LogP contribution in [0.4, 0.5) is 0 Å². The molecule has 232 valence electrons. The molecule has 0 saturated carbocycles. The molecule has 0 spiro atoms. The molecular weight excluding hydrogens is 548 g/mol. The van der Waals surface area contributed by atoms with Gasteiger partial charge >= 0.3 is 0 Å². The van der Waals surface area contributed by atoms with Crippen molar-refractivity contribution in [1.29, 1.82) is 0 Å². The zero-order valence-electron chi connectivity index (χ0n) is 21.7. The highest BCUT2D eigenvalue weighted by atomic mass is 16.7. The maximum atomic E-state index is 12.0. The molecule has 3 saturated heterocycles. The van der Waals surface area contributed by atoms with Gasteiger partial charge < -0.3 is 80.3 Å². The van der Waals surface area contributed by atoms with E-state index in [9.17, 15) is 55.5 Å². The molecule has 0 aromatic carbocycles. The lowest BCUT2D eigenvalue weighted by Crippen LogP contribution is -2.70. The van der Waals surface area contributed by atoms with Gasteiger partial charge in [0.2, 0.25) is 11.8 Å². The quantitative estimate of drug-likeness (QED) is 0.120. The van der Waals surface area contributed by atoms with E-state index in [4.69, 9.17) is 23.7 Å². The number of amides is 2. The first kappa shape index (κ1) is 32.9. The number of nitrogens with one attached hydrogen (secondary N) is 2. The number of aliphatic hydroxyl groups is 9. The summed E-state index contributed by atoms with van der Waals surface area (Å²) in [5.41, 5.74) is 0. The molecule has 0 bridgehead atoms. The molecule has 0 radical (unpaired) electrons. The van der Waals surface area contributed by atoms with Crippen LogP contribution in [0.2, 0.25) is 0 Å². The Morgan fingerprint density at radius 3 is 1.65 bits per heavy atom. The molecule has 3 fully saturated rings. The third-order valence-electron chi connectivity index (χ3n) is 6.90. The summed E-state index contributed by atoms with van der Waals surface area (Å²) < 4.78 is 27.6. The zero-order chi connectivity index (χ0) is 29.9. The van der Waals surface area contributed by atoms with Crippen LogP contribution >= 0.6 is 0 Å². The Morgan fingerprint density at radius 1 is 0.600 bits per heavy atom. The summed E-state index contributed by atoms with van der Waals surface area (Å²) >= 11 is 0. The van der Waals surface area contributed by atoms with Crippen LogP contribution in [0.15, 0.2) is 0 Å². The lowest BCUT2D eigenvalue weighted by Gasteiger charge is -2.49. The molecule has 3 rings (SSSR count). The average Bonchev–Trinajstić information content (AvgIpc) is 2.90. The highest BCUT2D eigenvalue weighted by molar-refractivity contribution is 5.73. The second-order valence-corrected chi connectivity index (χ2v) is 9.81. The molecule has 15 atom stereocenters. The smallest absolute Gasteiger partial charge is 0.217 e. The lowest BCUT2D eigenvalue weighted by atomic mass is 9.94. The molecule has 18 heteroatoms. The van der Waals surface area contributed by atoms with Gasteiger partial charge in [0.05, 0.1) is 19.8 Å². The van der Waals surface area contributed by atoms with Crippen molar-refractivity contribution in [2.24, 2.45) is 0 Å². The second-order valence-electron chi connectivity index (χ2n) is 9.81. The fourth-order valence-corrected chi connectivity index (χ4v) is 4.86. The van der Waals surface area contributed by atoms with Crippen LogP contribution in [0.3, 0.4) is 0 Å². The van der Waals surface area contributed by atoms with Gasteiger partial charge in [-0.1, -0.05) is 0 Å². The van der Waals surface area contributed by atoms with Crippen molar-refractivity contribution >= 4 is 11.8 Å². The van der Waals surface area contributed by atoms with Crippen molar-refractivity contribution in [2.75, 3.05) is 19.8 Å². The summed E-state index contributed by atoms with van der Waals surface area (Å²) in [5.74, 6) is -1.32. The summed E-state index contributed by atoms with van der Waals surface area (Å²) in [6.45, 7) is -0.115. The van der Waals surface area contributed by atoms with Gasteiger partial charge in [-0.05, 0) is 0 Å². The van der Waals surface area contributed by atoms with E-state index < -0.39 is 124 Å². The Bertz CT molecular complexity index is 852. The molecule has 0 unspecified atom stereocenters. The number of aliphatic hydroxyl groups excluding tert-OH is 9. The monoisotopic (exact) mass is 586 g/mol. The van der Waals surface area contributed by atoms with Gasteiger partial charge in [0.15, 0.2) is 18.9 Å². The van der Waals surface area contributed by atoms with Crippen molar-refractivity contribution < 1.29 is 79.2 Å². The van der Waals surface area contributed by atoms with Gasteiger partial charge in [0.25, 0.3) is 0 Å². The molecule has 11 N–H and O–H groups in total. The SMILES string of the molecule is CC(=O)N[C@@H]1[C@@H](O[C@@H]2O[C@H](CO)[C@@H](O[C@@H]3O[C@H](CO)[C@H](O)[C@H](O)[C@H]3O)[C@H](O)[C@H]2NC(C)=O)[C@@H](O)[C@@H](CO)O[C@H]1O. The van der Waals surface area contributed by atoms with Crippen LogP contribution < -0.4 is 10.6 Å². The highest BCUT2D eigenvalue weighted by Crippen LogP contribution is 2.32. The first-order valence-electron chi connectivity index (χ1n) is 12.6. The van der Waals surface area contributed by atoms with Crippen molar-refractivity contribution in [3.63, 3.8) is 0 Å². The second kappa shape index (κ2) is 14.0. The minimum atomic E-state index is -1.86. The van der Waals surface area contributed by atoms with Gasteiger partial charge in [-0.2, -0.15) is 0 Å². The zero-order valence-corrected chi connectivity index (χ0v) is 21.7. The summed E-state index contributed by atoms with van der Waals surface area (Å²) in [5, 5.41) is 96.5.